The van der Waals surface area contributed by atoms with Gasteiger partial charge < -0.3 is 4.74 Å². The highest BCUT2D eigenvalue weighted by atomic mass is 35.5. The first-order valence-electron chi connectivity index (χ1n) is 6.53. The minimum absolute atomic E-state index is 0.00630. The number of ether oxygens (including phenoxy) is 1. The second kappa shape index (κ2) is 6.58. The van der Waals surface area contributed by atoms with Crippen LogP contribution in [0.4, 0.5) is 5.69 Å². The Kier molecular flexibility index (Phi) is 4.80. The minimum Gasteiger partial charge on any atom is -0.487 e. The van der Waals surface area contributed by atoms with E-state index in [9.17, 15) is 10.1 Å². The lowest BCUT2D eigenvalue weighted by Gasteiger charge is -2.09. The van der Waals surface area contributed by atoms with Gasteiger partial charge in [0.05, 0.1) is 22.2 Å². The molecule has 2 rings (SSSR count). The first-order chi connectivity index (χ1) is 10.0. The van der Waals surface area contributed by atoms with E-state index in [0.717, 1.165) is 17.8 Å². The molecule has 0 saturated carbocycles. The second-order valence-corrected chi connectivity index (χ2v) is 4.84. The van der Waals surface area contributed by atoms with Gasteiger partial charge in [-0.15, -0.1) is 11.6 Å². The molecule has 0 aliphatic rings. The van der Waals surface area contributed by atoms with Crippen molar-refractivity contribution in [3.05, 3.63) is 51.3 Å². The quantitative estimate of drug-likeness (QED) is 0.467. The van der Waals surface area contributed by atoms with Gasteiger partial charge in [-0.2, -0.15) is 5.10 Å². The summed E-state index contributed by atoms with van der Waals surface area (Å²) in [7, 11) is 1.86. The zero-order chi connectivity index (χ0) is 15.4. The van der Waals surface area contributed by atoms with Gasteiger partial charge in [0.2, 0.25) is 0 Å². The van der Waals surface area contributed by atoms with Crippen LogP contribution >= 0.6 is 11.6 Å². The van der Waals surface area contributed by atoms with Crippen LogP contribution in [-0.2, 0) is 26.0 Å². The van der Waals surface area contributed by atoms with Crippen molar-refractivity contribution in [2.75, 3.05) is 0 Å². The lowest BCUT2D eigenvalue weighted by atomic mass is 10.2. The second-order valence-electron chi connectivity index (χ2n) is 4.58. The van der Waals surface area contributed by atoms with Crippen LogP contribution in [0.15, 0.2) is 24.3 Å². The number of non-ortho nitro benzene ring substituents is 1. The van der Waals surface area contributed by atoms with Crippen LogP contribution in [0.1, 0.15) is 23.9 Å². The molecule has 112 valence electrons. The maximum atomic E-state index is 10.8. The largest absolute Gasteiger partial charge is 0.487 e. The summed E-state index contributed by atoms with van der Waals surface area (Å²) >= 11 is 5.83. The third kappa shape index (κ3) is 3.52. The fourth-order valence-corrected chi connectivity index (χ4v) is 2.16. The Morgan fingerprint density at radius 1 is 1.43 bits per heavy atom. The Morgan fingerprint density at radius 2 is 2.19 bits per heavy atom. The normalized spacial score (nSPS) is 10.6. The van der Waals surface area contributed by atoms with Crippen LogP contribution < -0.4 is 4.74 Å². The summed E-state index contributed by atoms with van der Waals surface area (Å²) in [6.45, 7) is 2.38. The SMILES string of the molecule is CCc1cc(COc2ccc([N+](=O)[O-])cc2CCl)n(C)n1. The van der Waals surface area contributed by atoms with Gasteiger partial charge in [-0.3, -0.25) is 14.8 Å². The zero-order valence-electron chi connectivity index (χ0n) is 11.9. The molecular formula is C14H16ClN3O3. The summed E-state index contributed by atoms with van der Waals surface area (Å²) in [5.41, 5.74) is 2.54. The maximum Gasteiger partial charge on any atom is 0.270 e. The predicted octanol–water partition coefficient (Wildman–Crippen LogP) is 3.21. The maximum absolute atomic E-state index is 10.8. The fraction of sp³-hybridized carbons (Fsp3) is 0.357. The Hall–Kier alpha value is -2.08. The highest BCUT2D eigenvalue weighted by molar-refractivity contribution is 6.17. The van der Waals surface area contributed by atoms with E-state index in [0.29, 0.717) is 17.9 Å². The van der Waals surface area contributed by atoms with Crippen LogP contribution in [0.25, 0.3) is 0 Å². The molecule has 1 aromatic heterocycles. The number of aromatic nitrogens is 2. The van der Waals surface area contributed by atoms with E-state index in [-0.39, 0.29) is 11.6 Å². The van der Waals surface area contributed by atoms with Crippen molar-refractivity contribution in [2.24, 2.45) is 7.05 Å². The number of benzene rings is 1. The number of rotatable bonds is 6. The van der Waals surface area contributed by atoms with Gasteiger partial charge in [0.25, 0.3) is 5.69 Å². The van der Waals surface area contributed by atoms with E-state index < -0.39 is 4.92 Å². The fourth-order valence-electron chi connectivity index (χ4n) is 1.96. The molecule has 0 amide bonds. The Labute approximate surface area is 127 Å². The summed E-state index contributed by atoms with van der Waals surface area (Å²) in [6.07, 6.45) is 0.859. The standard InChI is InChI=1S/C14H16ClN3O3/c1-3-11-7-13(17(2)16-11)9-21-14-5-4-12(18(19)20)6-10(14)8-15/h4-7H,3,8-9H2,1-2H3. The van der Waals surface area contributed by atoms with Crippen LogP contribution in [0.2, 0.25) is 0 Å². The topological polar surface area (TPSA) is 70.2 Å². The van der Waals surface area contributed by atoms with Gasteiger partial charge >= 0.3 is 0 Å². The number of halogens is 1. The molecule has 0 aliphatic carbocycles. The van der Waals surface area contributed by atoms with E-state index in [2.05, 4.69) is 5.10 Å². The van der Waals surface area contributed by atoms with Crippen molar-refractivity contribution in [1.82, 2.24) is 9.78 Å². The molecule has 0 spiro atoms. The molecule has 0 unspecified atom stereocenters. The van der Waals surface area contributed by atoms with E-state index in [1.165, 1.54) is 12.1 Å². The van der Waals surface area contributed by atoms with E-state index >= 15 is 0 Å². The van der Waals surface area contributed by atoms with Gasteiger partial charge in [-0.1, -0.05) is 6.92 Å². The van der Waals surface area contributed by atoms with Gasteiger partial charge in [0, 0.05) is 24.7 Å². The molecule has 2 aromatic rings. The van der Waals surface area contributed by atoms with Gasteiger partial charge in [0.1, 0.15) is 12.4 Å². The monoisotopic (exact) mass is 309 g/mol. The first kappa shape index (κ1) is 15.3. The smallest absolute Gasteiger partial charge is 0.270 e. The average molecular weight is 310 g/mol. The predicted molar refractivity (Wildman–Crippen MR) is 79.6 cm³/mol. The molecule has 21 heavy (non-hydrogen) atoms. The molecule has 1 heterocycles. The number of aryl methyl sites for hydroxylation is 2. The molecule has 0 aliphatic heterocycles. The summed E-state index contributed by atoms with van der Waals surface area (Å²) in [5.74, 6) is 0.706. The first-order valence-corrected chi connectivity index (χ1v) is 7.06. The van der Waals surface area contributed by atoms with Gasteiger partial charge in [-0.25, -0.2) is 0 Å². The summed E-state index contributed by atoms with van der Waals surface area (Å²) in [5, 5.41) is 15.1. The van der Waals surface area contributed by atoms with Gasteiger partial charge in [-0.05, 0) is 18.6 Å². The number of alkyl halides is 1. The van der Waals surface area contributed by atoms with Crippen molar-refractivity contribution in [2.45, 2.75) is 25.8 Å². The molecule has 7 heteroatoms. The van der Waals surface area contributed by atoms with Gasteiger partial charge in [0.15, 0.2) is 0 Å². The molecular weight excluding hydrogens is 294 g/mol. The Morgan fingerprint density at radius 3 is 2.76 bits per heavy atom. The van der Waals surface area contributed by atoms with Crippen LogP contribution in [0.3, 0.4) is 0 Å². The third-order valence-electron chi connectivity index (χ3n) is 3.16. The number of nitro benzene ring substituents is 1. The van der Waals surface area contributed by atoms with Crippen LogP contribution in [0, 0.1) is 10.1 Å². The summed E-state index contributed by atoms with van der Waals surface area (Å²) < 4.78 is 7.49. The Balaban J connectivity index is 2.15. The minimum atomic E-state index is -0.450. The average Bonchev–Trinajstić information content (AvgIpc) is 2.85. The van der Waals surface area contributed by atoms with E-state index in [1.54, 1.807) is 10.7 Å². The van der Waals surface area contributed by atoms with Crippen molar-refractivity contribution in [3.8, 4) is 5.75 Å². The van der Waals surface area contributed by atoms with E-state index in [4.69, 9.17) is 16.3 Å². The van der Waals surface area contributed by atoms with E-state index in [1.807, 2.05) is 20.0 Å². The molecule has 0 N–H and O–H groups in total. The van der Waals surface area contributed by atoms with Crippen molar-refractivity contribution in [1.29, 1.82) is 0 Å². The molecule has 0 atom stereocenters. The summed E-state index contributed by atoms with van der Waals surface area (Å²) in [6, 6.07) is 6.40. The number of nitro groups is 1. The molecule has 0 saturated heterocycles. The Bertz CT molecular complexity index is 655. The van der Waals surface area contributed by atoms with Crippen LogP contribution in [0.5, 0.6) is 5.75 Å². The lowest BCUT2D eigenvalue weighted by molar-refractivity contribution is -0.384. The number of hydrogen-bond donors (Lipinski definition) is 0. The third-order valence-corrected chi connectivity index (χ3v) is 3.45. The van der Waals surface area contributed by atoms with Crippen molar-refractivity contribution < 1.29 is 9.66 Å². The molecule has 0 fully saturated rings. The zero-order valence-corrected chi connectivity index (χ0v) is 12.6. The molecule has 1 aromatic carbocycles. The van der Waals surface area contributed by atoms with Crippen molar-refractivity contribution >= 4 is 17.3 Å². The number of nitrogens with zero attached hydrogens (tertiary/aromatic N) is 3. The summed E-state index contributed by atoms with van der Waals surface area (Å²) in [4.78, 5) is 10.3. The highest BCUT2D eigenvalue weighted by Gasteiger charge is 2.12. The number of hydrogen-bond acceptors (Lipinski definition) is 4. The lowest BCUT2D eigenvalue weighted by Crippen LogP contribution is -2.04. The molecule has 0 bridgehead atoms. The van der Waals surface area contributed by atoms with Crippen LogP contribution in [-0.4, -0.2) is 14.7 Å². The molecule has 6 nitrogen and oxygen atoms in total. The highest BCUT2D eigenvalue weighted by Crippen LogP contribution is 2.26. The van der Waals surface area contributed by atoms with Crippen molar-refractivity contribution in [3.63, 3.8) is 0 Å². The molecule has 0 radical (unpaired) electrons.